The second-order valence-electron chi connectivity index (χ2n) is 8.15. The van der Waals surface area contributed by atoms with Crippen molar-refractivity contribution in [3.8, 4) is 0 Å². The molecule has 4 unspecified atom stereocenters. The van der Waals surface area contributed by atoms with Crippen molar-refractivity contribution in [2.45, 2.75) is 44.9 Å². The van der Waals surface area contributed by atoms with E-state index in [1.165, 1.54) is 31.4 Å². The number of hydrogen-bond acceptors (Lipinski definition) is 4. The van der Waals surface area contributed by atoms with Crippen LogP contribution in [0.1, 0.15) is 30.2 Å². The van der Waals surface area contributed by atoms with Gasteiger partial charge in [0.25, 0.3) is 0 Å². The molecular formula is C20H30N4OS. The van der Waals surface area contributed by atoms with E-state index in [0.29, 0.717) is 12.2 Å². The summed E-state index contributed by atoms with van der Waals surface area (Å²) in [6.45, 7) is 9.57. The first-order valence-corrected chi connectivity index (χ1v) is 11.2. The van der Waals surface area contributed by atoms with E-state index < -0.39 is 0 Å². The average Bonchev–Trinajstić information content (AvgIpc) is 3.41. The van der Waals surface area contributed by atoms with Crippen LogP contribution in [0.25, 0.3) is 0 Å². The fourth-order valence-corrected chi connectivity index (χ4v) is 6.24. The molecule has 3 fully saturated rings. The number of aliphatic imine (C=N–C) groups is 1. The van der Waals surface area contributed by atoms with Crippen LogP contribution >= 0.6 is 11.3 Å². The normalized spacial score (nSPS) is 33.6. The van der Waals surface area contributed by atoms with Gasteiger partial charge in [0.15, 0.2) is 5.96 Å². The summed E-state index contributed by atoms with van der Waals surface area (Å²) in [6.07, 6.45) is 4.78. The molecule has 0 saturated carbocycles. The van der Waals surface area contributed by atoms with Crippen molar-refractivity contribution in [1.82, 2.24) is 15.1 Å². The summed E-state index contributed by atoms with van der Waals surface area (Å²) < 4.78 is 6.12. The molecule has 0 aliphatic carbocycles. The zero-order valence-electron chi connectivity index (χ0n) is 15.7. The molecule has 0 spiro atoms. The number of likely N-dealkylation sites (tertiary alicyclic amines) is 1. The Kier molecular flexibility index (Phi) is 4.67. The number of nitrogens with zero attached hydrogens (tertiary/aromatic N) is 3. The maximum atomic E-state index is 6.12. The fraction of sp³-hybridized carbons (Fsp3) is 0.750. The van der Waals surface area contributed by atoms with Crippen LogP contribution in [-0.4, -0.2) is 67.2 Å². The number of thiophene rings is 1. The van der Waals surface area contributed by atoms with E-state index in [0.717, 1.165) is 57.1 Å². The number of rotatable bonds is 4. The third kappa shape index (κ3) is 3.06. The highest BCUT2D eigenvalue weighted by Crippen LogP contribution is 2.47. The summed E-state index contributed by atoms with van der Waals surface area (Å²) in [5, 5.41) is 5.76. The van der Waals surface area contributed by atoms with Crippen molar-refractivity contribution in [1.29, 1.82) is 0 Å². The van der Waals surface area contributed by atoms with Gasteiger partial charge in [-0.2, -0.15) is 0 Å². The smallest absolute Gasteiger partial charge is 0.193 e. The van der Waals surface area contributed by atoms with Gasteiger partial charge >= 0.3 is 0 Å². The maximum absolute atomic E-state index is 6.12. The van der Waals surface area contributed by atoms with Gasteiger partial charge in [0, 0.05) is 56.0 Å². The second-order valence-corrected chi connectivity index (χ2v) is 9.15. The predicted molar refractivity (Wildman–Crippen MR) is 106 cm³/mol. The Bertz CT molecular complexity index is 657. The van der Waals surface area contributed by atoms with E-state index >= 15 is 0 Å². The number of ether oxygens (including phenoxy) is 1. The molecule has 5 heterocycles. The van der Waals surface area contributed by atoms with Gasteiger partial charge in [-0.3, -0.25) is 9.89 Å². The molecule has 4 aliphatic rings. The third-order valence-electron chi connectivity index (χ3n) is 6.65. The molecule has 2 bridgehead atoms. The molecule has 0 radical (unpaired) electrons. The van der Waals surface area contributed by atoms with Crippen molar-refractivity contribution < 1.29 is 4.74 Å². The highest BCUT2D eigenvalue weighted by atomic mass is 32.1. The van der Waals surface area contributed by atoms with Gasteiger partial charge in [0.1, 0.15) is 0 Å². The molecule has 1 aromatic rings. The first-order chi connectivity index (χ1) is 12.8. The highest BCUT2D eigenvalue weighted by molar-refractivity contribution is 7.10. The zero-order chi connectivity index (χ0) is 17.5. The largest absolute Gasteiger partial charge is 0.374 e. The summed E-state index contributed by atoms with van der Waals surface area (Å²) in [7, 11) is 0. The van der Waals surface area contributed by atoms with Crippen LogP contribution < -0.4 is 5.32 Å². The topological polar surface area (TPSA) is 40.1 Å². The van der Waals surface area contributed by atoms with E-state index in [1.807, 2.05) is 11.3 Å². The van der Waals surface area contributed by atoms with E-state index in [4.69, 9.17) is 9.73 Å². The van der Waals surface area contributed by atoms with Crippen LogP contribution in [0.3, 0.4) is 0 Å². The van der Waals surface area contributed by atoms with Crippen molar-refractivity contribution in [3.05, 3.63) is 21.9 Å². The summed E-state index contributed by atoms with van der Waals surface area (Å²) >= 11 is 1.91. The molecule has 26 heavy (non-hydrogen) atoms. The number of nitrogens with one attached hydrogen (secondary N) is 1. The lowest BCUT2D eigenvalue weighted by Gasteiger charge is -2.27. The van der Waals surface area contributed by atoms with Crippen LogP contribution in [0.15, 0.2) is 16.4 Å². The molecule has 4 aliphatic heterocycles. The molecular weight excluding hydrogens is 344 g/mol. The molecule has 4 atom stereocenters. The van der Waals surface area contributed by atoms with Crippen molar-refractivity contribution in [2.24, 2.45) is 16.8 Å². The van der Waals surface area contributed by atoms with E-state index in [9.17, 15) is 0 Å². The van der Waals surface area contributed by atoms with E-state index in [1.54, 1.807) is 4.88 Å². The first kappa shape index (κ1) is 17.0. The highest BCUT2D eigenvalue weighted by Gasteiger charge is 2.53. The molecule has 0 amide bonds. The van der Waals surface area contributed by atoms with E-state index in [2.05, 4.69) is 33.5 Å². The molecule has 1 N–H and O–H groups in total. The lowest BCUT2D eigenvalue weighted by atomic mass is 9.82. The Morgan fingerprint density at radius 2 is 2.12 bits per heavy atom. The van der Waals surface area contributed by atoms with Gasteiger partial charge in [-0.15, -0.1) is 11.3 Å². The SMILES string of the molecule is CCNC(=NCCN1CCc2sccc2C1)N1CC2C3CCC(O3)C2C1. The Balaban J connectivity index is 1.18. The van der Waals surface area contributed by atoms with Gasteiger partial charge in [0.05, 0.1) is 18.8 Å². The molecule has 142 valence electrons. The molecule has 5 rings (SSSR count). The Labute approximate surface area is 160 Å². The standard InChI is InChI=1S/C20H30N4OS/c1-2-21-20(24-12-15-16(13-24)18-4-3-17(15)25-18)22-7-9-23-8-5-19-14(11-23)6-10-26-19/h6,10,15-18H,2-5,7-9,11-13H2,1H3,(H,21,22). The van der Waals surface area contributed by atoms with Crippen molar-refractivity contribution >= 4 is 17.3 Å². The Morgan fingerprint density at radius 1 is 1.31 bits per heavy atom. The maximum Gasteiger partial charge on any atom is 0.193 e. The minimum absolute atomic E-state index is 0.519. The Hall–Kier alpha value is -1.11. The lowest BCUT2D eigenvalue weighted by Crippen LogP contribution is -2.42. The zero-order valence-corrected chi connectivity index (χ0v) is 16.5. The molecule has 0 aromatic carbocycles. The van der Waals surface area contributed by atoms with Crippen molar-refractivity contribution in [3.63, 3.8) is 0 Å². The molecule has 1 aromatic heterocycles. The van der Waals surface area contributed by atoms with Crippen LogP contribution in [0.2, 0.25) is 0 Å². The number of fused-ring (bicyclic) bond motifs is 6. The van der Waals surface area contributed by atoms with Crippen LogP contribution in [-0.2, 0) is 17.7 Å². The summed E-state index contributed by atoms with van der Waals surface area (Å²) in [4.78, 5) is 11.6. The quantitative estimate of drug-likeness (QED) is 0.648. The summed E-state index contributed by atoms with van der Waals surface area (Å²) in [5.41, 5.74) is 1.53. The average molecular weight is 375 g/mol. The summed E-state index contributed by atoms with van der Waals surface area (Å²) in [6, 6.07) is 2.29. The fourth-order valence-electron chi connectivity index (χ4n) is 5.35. The van der Waals surface area contributed by atoms with Gasteiger partial charge in [-0.25, -0.2) is 0 Å². The van der Waals surface area contributed by atoms with Gasteiger partial charge in [0.2, 0.25) is 0 Å². The molecule has 5 nitrogen and oxygen atoms in total. The van der Waals surface area contributed by atoms with Gasteiger partial charge < -0.3 is 15.0 Å². The molecule has 6 heteroatoms. The number of hydrogen-bond donors (Lipinski definition) is 1. The van der Waals surface area contributed by atoms with Gasteiger partial charge in [-0.1, -0.05) is 0 Å². The van der Waals surface area contributed by atoms with Crippen LogP contribution in [0.4, 0.5) is 0 Å². The van der Waals surface area contributed by atoms with E-state index in [-0.39, 0.29) is 0 Å². The van der Waals surface area contributed by atoms with Crippen LogP contribution in [0, 0.1) is 11.8 Å². The first-order valence-electron chi connectivity index (χ1n) is 10.3. The van der Waals surface area contributed by atoms with Gasteiger partial charge in [-0.05, 0) is 43.2 Å². The third-order valence-corrected chi connectivity index (χ3v) is 7.67. The van der Waals surface area contributed by atoms with Crippen LogP contribution in [0.5, 0.6) is 0 Å². The second kappa shape index (κ2) is 7.13. The van der Waals surface area contributed by atoms with Crippen molar-refractivity contribution in [2.75, 3.05) is 39.3 Å². The Morgan fingerprint density at radius 3 is 2.88 bits per heavy atom. The minimum Gasteiger partial charge on any atom is -0.374 e. The summed E-state index contributed by atoms with van der Waals surface area (Å²) in [5.74, 6) is 2.59. The molecule has 3 saturated heterocycles. The predicted octanol–water partition coefficient (Wildman–Crippen LogP) is 2.18. The monoisotopic (exact) mass is 374 g/mol. The number of guanidine groups is 1. The lowest BCUT2D eigenvalue weighted by molar-refractivity contribution is 0.0767. The minimum atomic E-state index is 0.519.